The van der Waals surface area contributed by atoms with Crippen molar-refractivity contribution in [3.63, 3.8) is 0 Å². The van der Waals surface area contributed by atoms with Crippen molar-refractivity contribution in [1.29, 1.82) is 0 Å². The molecule has 0 atom stereocenters. The van der Waals surface area contributed by atoms with Crippen LogP contribution in [0, 0.1) is 0 Å². The molecule has 2 aromatic carbocycles. The summed E-state index contributed by atoms with van der Waals surface area (Å²) < 4.78 is 10.0. The molecule has 0 heterocycles. The summed E-state index contributed by atoms with van der Waals surface area (Å²) in [5, 5.41) is 27.2. The highest BCUT2D eigenvalue weighted by atomic mass is 32.1. The highest BCUT2D eigenvalue weighted by Gasteiger charge is 2.02. The zero-order valence-electron chi connectivity index (χ0n) is 14.1. The Labute approximate surface area is 155 Å². The summed E-state index contributed by atoms with van der Waals surface area (Å²) in [6, 6.07) is 9.63. The molecule has 0 unspecified atom stereocenters. The number of nitrogens with zero attached hydrogens (tertiary/aromatic N) is 2. The molecule has 0 aromatic heterocycles. The van der Waals surface area contributed by atoms with Crippen LogP contribution in [0.3, 0.4) is 0 Å². The van der Waals surface area contributed by atoms with Gasteiger partial charge in [-0.25, -0.2) is 0 Å². The third-order valence-corrected chi connectivity index (χ3v) is 3.35. The molecule has 0 aliphatic heterocycles. The third kappa shape index (κ3) is 5.35. The van der Waals surface area contributed by atoms with Crippen molar-refractivity contribution in [2.45, 2.75) is 0 Å². The molecule has 0 fully saturated rings. The zero-order chi connectivity index (χ0) is 18.9. The van der Waals surface area contributed by atoms with E-state index in [1.807, 2.05) is 0 Å². The molecular formula is C17H18N4O4S. The van der Waals surface area contributed by atoms with Crippen molar-refractivity contribution in [3.05, 3.63) is 47.5 Å². The molecule has 8 nitrogen and oxygen atoms in total. The van der Waals surface area contributed by atoms with E-state index in [0.717, 1.165) is 11.1 Å². The van der Waals surface area contributed by atoms with Crippen LogP contribution >= 0.6 is 12.2 Å². The Morgan fingerprint density at radius 2 is 1.31 bits per heavy atom. The average molecular weight is 374 g/mol. The number of rotatable bonds is 6. The SMILES string of the molecule is COc1cc(/C=N\NC(=S)N/N=C\c2ccc(O)c(OC)c2)ccc1O. The van der Waals surface area contributed by atoms with E-state index in [9.17, 15) is 10.2 Å². The van der Waals surface area contributed by atoms with Gasteiger partial charge in [0.1, 0.15) is 0 Å². The summed E-state index contributed by atoms with van der Waals surface area (Å²) >= 11 is 5.04. The van der Waals surface area contributed by atoms with E-state index < -0.39 is 0 Å². The van der Waals surface area contributed by atoms with Crippen molar-refractivity contribution in [2.75, 3.05) is 14.2 Å². The molecule has 0 saturated carbocycles. The van der Waals surface area contributed by atoms with Gasteiger partial charge in [-0.1, -0.05) is 0 Å². The third-order valence-electron chi connectivity index (χ3n) is 3.17. The summed E-state index contributed by atoms with van der Waals surface area (Å²) in [6.45, 7) is 0. The first-order valence-electron chi connectivity index (χ1n) is 7.39. The largest absolute Gasteiger partial charge is 0.504 e. The Morgan fingerprint density at radius 3 is 1.69 bits per heavy atom. The van der Waals surface area contributed by atoms with Gasteiger partial charge in [0.25, 0.3) is 0 Å². The smallest absolute Gasteiger partial charge is 0.207 e. The van der Waals surface area contributed by atoms with E-state index in [1.165, 1.54) is 38.8 Å². The summed E-state index contributed by atoms with van der Waals surface area (Å²) in [4.78, 5) is 0. The van der Waals surface area contributed by atoms with Crippen LogP contribution < -0.4 is 20.3 Å². The standard InChI is InChI=1S/C17H18N4O4S/c1-24-15-7-11(3-5-13(15)22)9-18-20-17(26)21-19-10-12-4-6-14(23)16(8-12)25-2/h3-10,22-23H,1-2H3,(H2,20,21,26)/b18-9-,19-10-. The number of thiocarbonyl (C=S) groups is 1. The van der Waals surface area contributed by atoms with Gasteiger partial charge in [0, 0.05) is 0 Å². The van der Waals surface area contributed by atoms with Gasteiger partial charge in [-0.3, -0.25) is 10.9 Å². The molecule has 0 bridgehead atoms. The second kappa shape index (κ2) is 9.23. The van der Waals surface area contributed by atoms with Crippen molar-refractivity contribution < 1.29 is 19.7 Å². The second-order valence-corrected chi connectivity index (χ2v) is 5.34. The van der Waals surface area contributed by atoms with Crippen LogP contribution in [0.2, 0.25) is 0 Å². The molecular weight excluding hydrogens is 356 g/mol. The van der Waals surface area contributed by atoms with Crippen LogP contribution in [-0.4, -0.2) is 42.0 Å². The van der Waals surface area contributed by atoms with Crippen molar-refractivity contribution in [3.8, 4) is 23.0 Å². The maximum absolute atomic E-state index is 9.53. The lowest BCUT2D eigenvalue weighted by atomic mass is 10.2. The Morgan fingerprint density at radius 1 is 0.885 bits per heavy atom. The number of methoxy groups -OCH3 is 2. The van der Waals surface area contributed by atoms with E-state index in [1.54, 1.807) is 24.3 Å². The predicted molar refractivity (Wildman–Crippen MR) is 103 cm³/mol. The van der Waals surface area contributed by atoms with Gasteiger partial charge < -0.3 is 19.7 Å². The monoisotopic (exact) mass is 374 g/mol. The Balaban J connectivity index is 1.87. The summed E-state index contributed by atoms with van der Waals surface area (Å²) in [6.07, 6.45) is 3.04. The average Bonchev–Trinajstić information content (AvgIpc) is 2.64. The summed E-state index contributed by atoms with van der Waals surface area (Å²) in [5.41, 5.74) is 6.65. The van der Waals surface area contributed by atoms with Crippen molar-refractivity contribution >= 4 is 29.8 Å². The number of hydrogen-bond acceptors (Lipinski definition) is 7. The number of nitrogens with one attached hydrogen (secondary N) is 2. The van der Waals surface area contributed by atoms with Crippen LogP contribution in [0.5, 0.6) is 23.0 Å². The number of ether oxygens (including phenoxy) is 2. The van der Waals surface area contributed by atoms with Gasteiger partial charge in [0.15, 0.2) is 23.0 Å². The Hall–Kier alpha value is -3.33. The molecule has 4 N–H and O–H groups in total. The highest BCUT2D eigenvalue weighted by molar-refractivity contribution is 7.80. The lowest BCUT2D eigenvalue weighted by Crippen LogP contribution is -2.28. The number of hydrogen-bond donors (Lipinski definition) is 4. The molecule has 136 valence electrons. The molecule has 2 aromatic rings. The van der Waals surface area contributed by atoms with Crippen LogP contribution in [0.1, 0.15) is 11.1 Å². The zero-order valence-corrected chi connectivity index (χ0v) is 14.9. The number of phenols is 2. The van der Waals surface area contributed by atoms with Crippen LogP contribution in [0.25, 0.3) is 0 Å². The van der Waals surface area contributed by atoms with Crippen LogP contribution in [-0.2, 0) is 0 Å². The minimum atomic E-state index is 0.0509. The Kier molecular flexibility index (Phi) is 6.75. The topological polar surface area (TPSA) is 108 Å². The van der Waals surface area contributed by atoms with Crippen LogP contribution in [0.15, 0.2) is 46.6 Å². The fourth-order valence-corrected chi connectivity index (χ4v) is 2.01. The number of aromatic hydroxyl groups is 2. The van der Waals surface area contributed by atoms with E-state index in [0.29, 0.717) is 11.5 Å². The number of phenolic OH excluding ortho intramolecular Hbond substituents is 2. The van der Waals surface area contributed by atoms with Gasteiger partial charge in [-0.05, 0) is 59.7 Å². The maximum atomic E-state index is 9.53. The molecule has 0 radical (unpaired) electrons. The van der Waals surface area contributed by atoms with E-state index in [-0.39, 0.29) is 16.6 Å². The lowest BCUT2D eigenvalue weighted by molar-refractivity contribution is 0.373. The van der Waals surface area contributed by atoms with Crippen LogP contribution in [0.4, 0.5) is 0 Å². The first kappa shape index (κ1) is 19.0. The van der Waals surface area contributed by atoms with Gasteiger partial charge in [0.2, 0.25) is 5.11 Å². The van der Waals surface area contributed by atoms with E-state index >= 15 is 0 Å². The highest BCUT2D eigenvalue weighted by Crippen LogP contribution is 2.26. The molecule has 0 amide bonds. The van der Waals surface area contributed by atoms with Gasteiger partial charge in [-0.15, -0.1) is 0 Å². The van der Waals surface area contributed by atoms with Gasteiger partial charge >= 0.3 is 0 Å². The molecule has 26 heavy (non-hydrogen) atoms. The number of hydrazone groups is 2. The van der Waals surface area contributed by atoms with Gasteiger partial charge in [0.05, 0.1) is 26.6 Å². The van der Waals surface area contributed by atoms with E-state index in [2.05, 4.69) is 21.1 Å². The van der Waals surface area contributed by atoms with Gasteiger partial charge in [-0.2, -0.15) is 10.2 Å². The lowest BCUT2D eigenvalue weighted by Gasteiger charge is -2.04. The quantitative estimate of drug-likeness (QED) is 0.348. The first-order chi connectivity index (χ1) is 12.5. The minimum absolute atomic E-state index is 0.0509. The number of benzene rings is 2. The summed E-state index contributed by atoms with van der Waals surface area (Å²) in [7, 11) is 2.93. The summed E-state index contributed by atoms with van der Waals surface area (Å²) in [5.74, 6) is 0.803. The molecule has 0 aliphatic carbocycles. The van der Waals surface area contributed by atoms with Crippen molar-refractivity contribution in [2.24, 2.45) is 10.2 Å². The normalized spacial score (nSPS) is 10.8. The second-order valence-electron chi connectivity index (χ2n) is 4.93. The fraction of sp³-hybridized carbons (Fsp3) is 0.118. The molecule has 9 heteroatoms. The van der Waals surface area contributed by atoms with E-state index in [4.69, 9.17) is 21.7 Å². The first-order valence-corrected chi connectivity index (χ1v) is 7.80. The maximum Gasteiger partial charge on any atom is 0.207 e. The minimum Gasteiger partial charge on any atom is -0.504 e. The molecule has 0 aliphatic rings. The Bertz CT molecular complexity index is 772. The van der Waals surface area contributed by atoms with Crippen molar-refractivity contribution in [1.82, 2.24) is 10.9 Å². The molecule has 0 saturated heterocycles. The molecule has 2 rings (SSSR count). The molecule has 0 spiro atoms. The fourth-order valence-electron chi connectivity index (χ4n) is 1.90. The predicted octanol–water partition coefficient (Wildman–Crippen LogP) is 1.95.